The molecule has 0 saturated carbocycles. The van der Waals surface area contributed by atoms with E-state index in [0.717, 1.165) is 6.42 Å². The quantitative estimate of drug-likeness (QED) is 0.836. The second-order valence-electron chi connectivity index (χ2n) is 6.61. The van der Waals surface area contributed by atoms with E-state index in [9.17, 15) is 9.59 Å². The second-order valence-corrected chi connectivity index (χ2v) is 6.61. The molecular weight excluding hydrogens is 262 g/mol. The lowest BCUT2D eigenvalue weighted by atomic mass is 9.83. The molecule has 2 aliphatic rings. The summed E-state index contributed by atoms with van der Waals surface area (Å²) >= 11 is 0. The van der Waals surface area contributed by atoms with Crippen LogP contribution in [0.5, 0.6) is 0 Å². The molecule has 0 aromatic rings. The van der Waals surface area contributed by atoms with Crippen molar-refractivity contribution < 1.29 is 24.2 Å². The van der Waals surface area contributed by atoms with Crippen LogP contribution in [-0.2, 0) is 14.3 Å². The summed E-state index contributed by atoms with van der Waals surface area (Å²) in [6, 6.07) is 0. The van der Waals surface area contributed by atoms with Gasteiger partial charge in [-0.2, -0.15) is 0 Å². The molecule has 2 aliphatic heterocycles. The molecule has 0 radical (unpaired) electrons. The number of carboxylic acids is 1. The lowest BCUT2D eigenvalue weighted by Gasteiger charge is -2.36. The maximum absolute atomic E-state index is 12.0. The number of hydrogen-bond donors (Lipinski definition) is 1. The van der Waals surface area contributed by atoms with Gasteiger partial charge in [0.25, 0.3) is 0 Å². The predicted molar refractivity (Wildman–Crippen MR) is 71.4 cm³/mol. The van der Waals surface area contributed by atoms with Crippen molar-refractivity contribution in [3.8, 4) is 0 Å². The Morgan fingerprint density at radius 2 is 2.10 bits per heavy atom. The maximum Gasteiger partial charge on any atom is 0.410 e. The first-order valence-electron chi connectivity index (χ1n) is 7.07. The van der Waals surface area contributed by atoms with Crippen LogP contribution < -0.4 is 0 Å². The fourth-order valence-corrected chi connectivity index (χ4v) is 2.96. The van der Waals surface area contributed by atoms with Gasteiger partial charge in [0.15, 0.2) is 0 Å². The van der Waals surface area contributed by atoms with E-state index >= 15 is 0 Å². The molecule has 1 amide bonds. The van der Waals surface area contributed by atoms with E-state index < -0.39 is 11.6 Å². The average molecular weight is 285 g/mol. The van der Waals surface area contributed by atoms with Crippen LogP contribution in [0.3, 0.4) is 0 Å². The van der Waals surface area contributed by atoms with Crippen LogP contribution in [0.4, 0.5) is 4.79 Å². The van der Waals surface area contributed by atoms with Crippen molar-refractivity contribution >= 4 is 12.1 Å². The monoisotopic (exact) mass is 285 g/mol. The van der Waals surface area contributed by atoms with E-state index in [1.54, 1.807) is 4.90 Å². The molecule has 20 heavy (non-hydrogen) atoms. The Morgan fingerprint density at radius 3 is 2.70 bits per heavy atom. The van der Waals surface area contributed by atoms with Crippen LogP contribution >= 0.6 is 0 Å². The number of nitrogens with zero attached hydrogens (tertiary/aromatic N) is 1. The summed E-state index contributed by atoms with van der Waals surface area (Å²) in [6.45, 7) is 7.27. The Balaban J connectivity index is 1.90. The maximum atomic E-state index is 12.0. The first-order valence-corrected chi connectivity index (χ1v) is 7.07. The minimum atomic E-state index is -0.828. The summed E-state index contributed by atoms with van der Waals surface area (Å²) in [4.78, 5) is 24.5. The molecule has 2 heterocycles. The first kappa shape index (κ1) is 15.1. The first-order chi connectivity index (χ1) is 9.26. The SMILES string of the molecule is CC(C)(C)OC(=O)N1CC[C@@H]2[C@@H](CO[C@@H]2CC(=O)O)C1. The molecule has 0 bridgehead atoms. The van der Waals surface area contributed by atoms with Crippen molar-refractivity contribution in [2.24, 2.45) is 11.8 Å². The molecule has 2 rings (SSSR count). The molecule has 0 spiro atoms. The number of ether oxygens (including phenoxy) is 2. The highest BCUT2D eigenvalue weighted by molar-refractivity contribution is 5.68. The van der Waals surface area contributed by atoms with Crippen molar-refractivity contribution in [2.75, 3.05) is 19.7 Å². The number of likely N-dealkylation sites (tertiary alicyclic amines) is 1. The summed E-state index contributed by atoms with van der Waals surface area (Å²) in [5.41, 5.74) is -0.494. The number of amides is 1. The van der Waals surface area contributed by atoms with Gasteiger partial charge >= 0.3 is 12.1 Å². The van der Waals surface area contributed by atoms with E-state index in [1.165, 1.54) is 0 Å². The smallest absolute Gasteiger partial charge is 0.410 e. The topological polar surface area (TPSA) is 76.1 Å². The van der Waals surface area contributed by atoms with Gasteiger partial charge < -0.3 is 19.5 Å². The number of carbonyl (C=O) groups is 2. The van der Waals surface area contributed by atoms with Gasteiger partial charge in [0.05, 0.1) is 19.1 Å². The number of aliphatic carboxylic acids is 1. The largest absolute Gasteiger partial charge is 0.481 e. The van der Waals surface area contributed by atoms with Gasteiger partial charge in [-0.05, 0) is 33.1 Å². The molecule has 0 aromatic heterocycles. The summed E-state index contributed by atoms with van der Waals surface area (Å²) in [6.07, 6.45) is 0.325. The molecule has 114 valence electrons. The van der Waals surface area contributed by atoms with Crippen LogP contribution in [-0.4, -0.2) is 53.5 Å². The molecular formula is C14H23NO5. The summed E-state index contributed by atoms with van der Waals surface area (Å²) in [5.74, 6) is -0.365. The molecule has 3 atom stereocenters. The third-order valence-electron chi connectivity index (χ3n) is 3.82. The standard InChI is InChI=1S/C14H23NO5/c1-14(2,3)20-13(18)15-5-4-10-9(7-15)8-19-11(10)6-12(16)17/h9-11H,4-8H2,1-3H3,(H,16,17)/t9-,10-,11-/m1/s1. The van der Waals surface area contributed by atoms with E-state index in [1.807, 2.05) is 20.8 Å². The van der Waals surface area contributed by atoms with Gasteiger partial charge in [-0.15, -0.1) is 0 Å². The zero-order valence-corrected chi connectivity index (χ0v) is 12.3. The third kappa shape index (κ3) is 3.62. The number of carbonyl (C=O) groups excluding carboxylic acids is 1. The van der Waals surface area contributed by atoms with Gasteiger partial charge in [0.2, 0.25) is 0 Å². The van der Waals surface area contributed by atoms with Crippen LogP contribution in [0.15, 0.2) is 0 Å². The molecule has 2 saturated heterocycles. The Morgan fingerprint density at radius 1 is 1.40 bits per heavy atom. The van der Waals surface area contributed by atoms with Crippen molar-refractivity contribution in [3.63, 3.8) is 0 Å². The summed E-state index contributed by atoms with van der Waals surface area (Å²) < 4.78 is 10.9. The van der Waals surface area contributed by atoms with Crippen LogP contribution in [0.1, 0.15) is 33.6 Å². The third-order valence-corrected chi connectivity index (χ3v) is 3.82. The van der Waals surface area contributed by atoms with E-state index in [2.05, 4.69) is 0 Å². The van der Waals surface area contributed by atoms with Crippen LogP contribution in [0, 0.1) is 11.8 Å². The van der Waals surface area contributed by atoms with Crippen LogP contribution in [0.2, 0.25) is 0 Å². The Labute approximate surface area is 119 Å². The lowest BCUT2D eigenvalue weighted by Crippen LogP contribution is -2.46. The molecule has 0 unspecified atom stereocenters. The number of carboxylic acid groups (broad SMARTS) is 1. The normalized spacial score (nSPS) is 29.9. The Bertz CT molecular complexity index is 390. The zero-order chi connectivity index (χ0) is 14.9. The summed E-state index contributed by atoms with van der Waals surface area (Å²) in [5, 5.41) is 8.87. The number of rotatable bonds is 2. The second kappa shape index (κ2) is 5.60. The summed E-state index contributed by atoms with van der Waals surface area (Å²) in [7, 11) is 0. The fourth-order valence-electron chi connectivity index (χ4n) is 2.96. The van der Waals surface area contributed by atoms with E-state index in [-0.39, 0.29) is 30.5 Å². The van der Waals surface area contributed by atoms with Crippen molar-refractivity contribution in [1.82, 2.24) is 4.90 Å². The number of hydrogen-bond acceptors (Lipinski definition) is 4. The Hall–Kier alpha value is -1.30. The minimum absolute atomic E-state index is 0.0492. The molecule has 0 aliphatic carbocycles. The lowest BCUT2D eigenvalue weighted by molar-refractivity contribution is -0.140. The highest BCUT2D eigenvalue weighted by Gasteiger charge is 2.43. The van der Waals surface area contributed by atoms with Crippen LogP contribution in [0.25, 0.3) is 0 Å². The Kier molecular flexibility index (Phi) is 4.22. The molecule has 1 N–H and O–H groups in total. The van der Waals surface area contributed by atoms with Crippen molar-refractivity contribution in [2.45, 2.75) is 45.3 Å². The van der Waals surface area contributed by atoms with Crippen molar-refractivity contribution in [3.05, 3.63) is 0 Å². The van der Waals surface area contributed by atoms with E-state index in [4.69, 9.17) is 14.6 Å². The van der Waals surface area contributed by atoms with Gasteiger partial charge in [-0.3, -0.25) is 4.79 Å². The number of piperidine rings is 1. The van der Waals surface area contributed by atoms with Gasteiger partial charge in [0, 0.05) is 19.0 Å². The minimum Gasteiger partial charge on any atom is -0.481 e. The fraction of sp³-hybridized carbons (Fsp3) is 0.857. The molecule has 6 heteroatoms. The van der Waals surface area contributed by atoms with Gasteiger partial charge in [-0.25, -0.2) is 4.79 Å². The van der Waals surface area contributed by atoms with Gasteiger partial charge in [-0.1, -0.05) is 0 Å². The zero-order valence-electron chi connectivity index (χ0n) is 12.3. The highest BCUT2D eigenvalue weighted by atomic mass is 16.6. The molecule has 2 fully saturated rings. The highest BCUT2D eigenvalue weighted by Crippen LogP contribution is 2.36. The average Bonchev–Trinajstić information content (AvgIpc) is 2.69. The molecule has 0 aromatic carbocycles. The number of fused-ring (bicyclic) bond motifs is 1. The van der Waals surface area contributed by atoms with Gasteiger partial charge in [0.1, 0.15) is 5.60 Å². The van der Waals surface area contributed by atoms with E-state index in [0.29, 0.717) is 19.7 Å². The predicted octanol–water partition coefficient (Wildman–Crippen LogP) is 1.73. The molecule has 6 nitrogen and oxygen atoms in total. The van der Waals surface area contributed by atoms with Crippen molar-refractivity contribution in [1.29, 1.82) is 0 Å².